The van der Waals surface area contributed by atoms with Crippen molar-refractivity contribution in [2.75, 3.05) is 4.90 Å². The van der Waals surface area contributed by atoms with Gasteiger partial charge in [0, 0.05) is 17.3 Å². The van der Waals surface area contributed by atoms with Crippen LogP contribution in [0.5, 0.6) is 0 Å². The maximum absolute atomic E-state index is 2.47. The number of benzene rings is 3. The Morgan fingerprint density at radius 3 is 2.03 bits per heavy atom. The van der Waals surface area contributed by atoms with Crippen molar-refractivity contribution >= 4 is 11.4 Å². The lowest BCUT2D eigenvalue weighted by Gasteiger charge is -2.47. The zero-order valence-corrected chi connectivity index (χ0v) is 17.1. The molecule has 0 bridgehead atoms. The van der Waals surface area contributed by atoms with Crippen molar-refractivity contribution in [3.05, 3.63) is 133 Å². The highest BCUT2D eigenvalue weighted by molar-refractivity contribution is 5.72. The minimum atomic E-state index is -0.207. The average Bonchev–Trinajstić information content (AvgIpc) is 2.81. The summed E-state index contributed by atoms with van der Waals surface area (Å²) in [6.07, 6.45) is 15.6. The Labute approximate surface area is 179 Å². The molecule has 2 aliphatic carbocycles. The van der Waals surface area contributed by atoms with E-state index >= 15 is 0 Å². The fourth-order valence-electron chi connectivity index (χ4n) is 4.64. The Hall–Kier alpha value is -3.58. The Morgan fingerprint density at radius 2 is 1.30 bits per heavy atom. The number of hydrogen-bond acceptors (Lipinski definition) is 1. The van der Waals surface area contributed by atoms with Crippen LogP contribution in [-0.4, -0.2) is 5.54 Å². The third-order valence-corrected chi connectivity index (χ3v) is 6.14. The molecule has 1 heteroatoms. The lowest BCUT2D eigenvalue weighted by Crippen LogP contribution is -2.49. The van der Waals surface area contributed by atoms with Crippen LogP contribution >= 0.6 is 0 Å². The van der Waals surface area contributed by atoms with Gasteiger partial charge in [0.1, 0.15) is 0 Å². The smallest absolute Gasteiger partial charge is 0.0711 e. The van der Waals surface area contributed by atoms with Gasteiger partial charge in [0.05, 0.1) is 5.54 Å². The summed E-state index contributed by atoms with van der Waals surface area (Å²) in [5.74, 6) is 0.293. The van der Waals surface area contributed by atoms with E-state index in [1.807, 2.05) is 0 Å². The molecular weight excluding hydrogens is 362 g/mol. The van der Waals surface area contributed by atoms with Gasteiger partial charge in [0.25, 0.3) is 0 Å². The molecule has 3 aromatic carbocycles. The molecule has 0 saturated carbocycles. The molecular formula is C29H25N. The SMILES string of the molecule is CC1(N(c2ccccc2)c2ccc(-c3ccccc3)cc2)C=CC=C2C=CC=CC21. The van der Waals surface area contributed by atoms with Gasteiger partial charge in [0.15, 0.2) is 0 Å². The van der Waals surface area contributed by atoms with Crippen LogP contribution in [0.25, 0.3) is 11.1 Å². The van der Waals surface area contributed by atoms with Gasteiger partial charge in [-0.15, -0.1) is 0 Å². The lowest BCUT2D eigenvalue weighted by atomic mass is 9.73. The molecule has 146 valence electrons. The highest BCUT2D eigenvalue weighted by Gasteiger charge is 2.40. The zero-order valence-electron chi connectivity index (χ0n) is 17.1. The van der Waals surface area contributed by atoms with E-state index < -0.39 is 0 Å². The first-order chi connectivity index (χ1) is 14.8. The van der Waals surface area contributed by atoms with Gasteiger partial charge in [-0.2, -0.15) is 0 Å². The Morgan fingerprint density at radius 1 is 0.667 bits per heavy atom. The van der Waals surface area contributed by atoms with Crippen LogP contribution in [-0.2, 0) is 0 Å². The second-order valence-corrected chi connectivity index (χ2v) is 8.06. The summed E-state index contributed by atoms with van der Waals surface area (Å²) in [7, 11) is 0. The molecule has 1 nitrogen and oxygen atoms in total. The first kappa shape index (κ1) is 18.4. The summed E-state index contributed by atoms with van der Waals surface area (Å²) in [6.45, 7) is 2.34. The van der Waals surface area contributed by atoms with Gasteiger partial charge in [-0.3, -0.25) is 0 Å². The molecule has 0 fully saturated rings. The molecule has 2 atom stereocenters. The molecule has 2 aliphatic rings. The molecule has 0 N–H and O–H groups in total. The van der Waals surface area contributed by atoms with Crippen LogP contribution in [0.1, 0.15) is 6.92 Å². The number of nitrogens with zero attached hydrogens (tertiary/aromatic N) is 1. The molecule has 0 saturated heterocycles. The topological polar surface area (TPSA) is 3.24 Å². The van der Waals surface area contributed by atoms with E-state index in [2.05, 4.69) is 139 Å². The first-order valence-corrected chi connectivity index (χ1v) is 10.5. The Balaban J connectivity index is 1.60. The Kier molecular flexibility index (Phi) is 4.72. The first-order valence-electron chi connectivity index (χ1n) is 10.5. The highest BCUT2D eigenvalue weighted by atomic mass is 15.2. The van der Waals surface area contributed by atoms with Crippen LogP contribution in [0.3, 0.4) is 0 Å². The largest absolute Gasteiger partial charge is 0.331 e. The van der Waals surface area contributed by atoms with Gasteiger partial charge in [0.2, 0.25) is 0 Å². The molecule has 2 unspecified atom stereocenters. The minimum Gasteiger partial charge on any atom is -0.331 e. The summed E-state index contributed by atoms with van der Waals surface area (Å²) in [5, 5.41) is 0. The van der Waals surface area contributed by atoms with E-state index in [4.69, 9.17) is 0 Å². The van der Waals surface area contributed by atoms with Crippen LogP contribution < -0.4 is 4.90 Å². The molecule has 0 aliphatic heterocycles. The van der Waals surface area contributed by atoms with E-state index in [-0.39, 0.29) is 5.54 Å². The number of rotatable bonds is 4. The summed E-state index contributed by atoms with van der Waals surface area (Å²) >= 11 is 0. The summed E-state index contributed by atoms with van der Waals surface area (Å²) in [5.41, 5.74) is 6.01. The molecule has 0 heterocycles. The van der Waals surface area contributed by atoms with Gasteiger partial charge < -0.3 is 4.90 Å². The minimum absolute atomic E-state index is 0.207. The van der Waals surface area contributed by atoms with Gasteiger partial charge in [-0.25, -0.2) is 0 Å². The zero-order chi connectivity index (χ0) is 20.4. The average molecular weight is 388 g/mol. The highest BCUT2D eigenvalue weighted by Crippen LogP contribution is 2.44. The molecule has 30 heavy (non-hydrogen) atoms. The van der Waals surface area contributed by atoms with Crippen molar-refractivity contribution in [1.29, 1.82) is 0 Å². The second kappa shape index (κ2) is 7.68. The monoisotopic (exact) mass is 387 g/mol. The van der Waals surface area contributed by atoms with E-state index in [9.17, 15) is 0 Å². The maximum atomic E-state index is 2.47. The van der Waals surface area contributed by atoms with Crippen LogP contribution in [0.4, 0.5) is 11.4 Å². The van der Waals surface area contributed by atoms with Crippen molar-refractivity contribution in [2.45, 2.75) is 12.5 Å². The lowest BCUT2D eigenvalue weighted by molar-refractivity contribution is 0.468. The van der Waals surface area contributed by atoms with Crippen molar-refractivity contribution < 1.29 is 0 Å². The standard InChI is InChI=1S/C29H25N/c1-29(22-10-14-25-13-8-9-17-28(25)29)30(26-15-6-3-7-16-26)27-20-18-24(19-21-27)23-11-4-2-5-12-23/h2-22,28H,1H3. The Bertz CT molecular complexity index is 1130. The number of anilines is 2. The molecule has 0 aromatic heterocycles. The fourth-order valence-corrected chi connectivity index (χ4v) is 4.64. The third-order valence-electron chi connectivity index (χ3n) is 6.14. The number of para-hydroxylation sites is 1. The predicted molar refractivity (Wildman–Crippen MR) is 128 cm³/mol. The van der Waals surface area contributed by atoms with E-state index in [1.165, 1.54) is 28.1 Å². The molecule has 0 radical (unpaired) electrons. The fraction of sp³-hybridized carbons (Fsp3) is 0.103. The summed E-state index contributed by atoms with van der Waals surface area (Å²) in [6, 6.07) is 30.2. The number of allylic oxidation sites excluding steroid dienone is 5. The molecule has 0 spiro atoms. The molecule has 3 aromatic rings. The van der Waals surface area contributed by atoms with E-state index in [1.54, 1.807) is 0 Å². The van der Waals surface area contributed by atoms with Gasteiger partial charge in [-0.1, -0.05) is 103 Å². The van der Waals surface area contributed by atoms with E-state index in [0.717, 1.165) is 0 Å². The second-order valence-electron chi connectivity index (χ2n) is 8.06. The predicted octanol–water partition coefficient (Wildman–Crippen LogP) is 7.49. The van der Waals surface area contributed by atoms with Crippen molar-refractivity contribution in [3.8, 4) is 11.1 Å². The van der Waals surface area contributed by atoms with Crippen LogP contribution in [0, 0.1) is 5.92 Å². The van der Waals surface area contributed by atoms with Crippen LogP contribution in [0.2, 0.25) is 0 Å². The van der Waals surface area contributed by atoms with Crippen LogP contribution in [0.15, 0.2) is 133 Å². The van der Waals surface area contributed by atoms with Crippen molar-refractivity contribution in [2.24, 2.45) is 5.92 Å². The summed E-state index contributed by atoms with van der Waals surface area (Å²) < 4.78 is 0. The number of fused-ring (bicyclic) bond motifs is 1. The number of hydrogen-bond donors (Lipinski definition) is 0. The normalized spacial score (nSPS) is 21.8. The van der Waals surface area contributed by atoms with E-state index in [0.29, 0.717) is 5.92 Å². The van der Waals surface area contributed by atoms with Crippen molar-refractivity contribution in [1.82, 2.24) is 0 Å². The van der Waals surface area contributed by atoms with Crippen molar-refractivity contribution in [3.63, 3.8) is 0 Å². The quantitative estimate of drug-likeness (QED) is 0.448. The summed E-state index contributed by atoms with van der Waals surface area (Å²) in [4.78, 5) is 2.47. The third kappa shape index (κ3) is 3.23. The van der Waals surface area contributed by atoms with Gasteiger partial charge >= 0.3 is 0 Å². The molecule has 0 amide bonds. The van der Waals surface area contributed by atoms with Gasteiger partial charge in [-0.05, 0) is 47.9 Å². The maximum Gasteiger partial charge on any atom is 0.0711 e. The molecule has 5 rings (SSSR count).